The third-order valence-corrected chi connectivity index (χ3v) is 7.13. The Morgan fingerprint density at radius 1 is 0.893 bits per heavy atom. The largest absolute Gasteiger partial charge is 0.378 e. The number of rotatable bonds is 4. The minimum Gasteiger partial charge on any atom is -0.378 e. The summed E-state index contributed by atoms with van der Waals surface area (Å²) in [6, 6.07) is 23.8. The van der Waals surface area contributed by atoms with Gasteiger partial charge < -0.3 is 4.90 Å². The highest BCUT2D eigenvalue weighted by Crippen LogP contribution is 2.46. The number of fused-ring (bicyclic) bond motifs is 1. The molecule has 0 saturated carbocycles. The molecule has 0 amide bonds. The summed E-state index contributed by atoms with van der Waals surface area (Å²) < 4.78 is 0. The lowest BCUT2D eigenvalue weighted by Gasteiger charge is -2.12. The van der Waals surface area contributed by atoms with Crippen molar-refractivity contribution in [1.82, 2.24) is 0 Å². The van der Waals surface area contributed by atoms with Gasteiger partial charge in [0.1, 0.15) is 0 Å². The first kappa shape index (κ1) is 18.5. The van der Waals surface area contributed by atoms with Gasteiger partial charge in [-0.25, -0.2) is 0 Å². The van der Waals surface area contributed by atoms with E-state index in [1.165, 1.54) is 36.7 Å². The van der Waals surface area contributed by atoms with Gasteiger partial charge in [-0.3, -0.25) is 0 Å². The van der Waals surface area contributed by atoms with E-state index in [0.29, 0.717) is 0 Å². The van der Waals surface area contributed by atoms with Crippen molar-refractivity contribution >= 4 is 45.2 Å². The van der Waals surface area contributed by atoms with E-state index in [0.717, 1.165) is 10.5 Å². The van der Waals surface area contributed by atoms with Crippen molar-refractivity contribution in [2.24, 2.45) is 0 Å². The zero-order valence-corrected chi connectivity index (χ0v) is 17.7. The summed E-state index contributed by atoms with van der Waals surface area (Å²) in [5, 5.41) is 11.6. The molecule has 0 fully saturated rings. The van der Waals surface area contributed by atoms with Gasteiger partial charge in [0.15, 0.2) is 0 Å². The second-order valence-electron chi connectivity index (χ2n) is 6.89. The van der Waals surface area contributed by atoms with E-state index in [1.54, 1.807) is 11.3 Å². The maximum absolute atomic E-state index is 9.03. The Kier molecular flexibility index (Phi) is 5.04. The number of benzene rings is 2. The van der Waals surface area contributed by atoms with Crippen LogP contribution >= 0.6 is 22.7 Å². The lowest BCUT2D eigenvalue weighted by Crippen LogP contribution is -2.07. The molecule has 0 radical (unpaired) electrons. The van der Waals surface area contributed by atoms with Gasteiger partial charge in [0, 0.05) is 50.8 Å². The van der Waals surface area contributed by atoms with Crippen molar-refractivity contribution in [1.29, 1.82) is 5.26 Å². The fourth-order valence-electron chi connectivity index (χ4n) is 3.20. The molecule has 0 aliphatic heterocycles. The SMILES string of the molecule is C/C(C#N)=C/c1ccc(-c2sc(-c3ccc(N(C)C)cc3)c3ccccc23)s1. The van der Waals surface area contributed by atoms with Gasteiger partial charge >= 0.3 is 0 Å². The van der Waals surface area contributed by atoms with Crippen molar-refractivity contribution in [3.05, 3.63) is 71.1 Å². The van der Waals surface area contributed by atoms with Crippen LogP contribution in [0.15, 0.2) is 66.2 Å². The molecule has 2 aromatic heterocycles. The topological polar surface area (TPSA) is 27.0 Å². The average molecular weight is 401 g/mol. The lowest BCUT2D eigenvalue weighted by molar-refractivity contribution is 1.13. The Morgan fingerprint density at radius 3 is 2.21 bits per heavy atom. The maximum atomic E-state index is 9.03. The number of anilines is 1. The molecule has 0 N–H and O–H groups in total. The molecule has 0 spiro atoms. The average Bonchev–Trinajstić information content (AvgIpc) is 3.32. The van der Waals surface area contributed by atoms with Gasteiger partial charge in [-0.2, -0.15) is 5.26 Å². The first-order valence-corrected chi connectivity index (χ1v) is 10.7. The highest BCUT2D eigenvalue weighted by molar-refractivity contribution is 7.25. The van der Waals surface area contributed by atoms with Crippen LogP contribution in [0.4, 0.5) is 5.69 Å². The Balaban J connectivity index is 1.82. The Hall–Kier alpha value is -2.87. The Bertz CT molecular complexity index is 1200. The molecule has 0 unspecified atom stereocenters. The number of allylic oxidation sites excluding steroid dienone is 1. The molecule has 28 heavy (non-hydrogen) atoms. The van der Waals surface area contributed by atoms with Crippen LogP contribution in [0.25, 0.3) is 37.0 Å². The van der Waals surface area contributed by atoms with Crippen LogP contribution in [-0.2, 0) is 0 Å². The number of thiophene rings is 2. The normalized spacial score (nSPS) is 11.6. The minimum absolute atomic E-state index is 0.728. The van der Waals surface area contributed by atoms with Crippen LogP contribution < -0.4 is 4.90 Å². The van der Waals surface area contributed by atoms with Gasteiger partial charge in [-0.05, 0) is 42.8 Å². The zero-order chi connectivity index (χ0) is 19.7. The minimum atomic E-state index is 0.728. The molecule has 138 valence electrons. The third-order valence-electron chi connectivity index (χ3n) is 4.65. The second kappa shape index (κ2) is 7.63. The molecule has 0 aliphatic rings. The number of hydrogen-bond acceptors (Lipinski definition) is 4. The van der Waals surface area contributed by atoms with E-state index in [-0.39, 0.29) is 0 Å². The van der Waals surface area contributed by atoms with Crippen molar-refractivity contribution in [3.63, 3.8) is 0 Å². The molecular weight excluding hydrogens is 380 g/mol. The van der Waals surface area contributed by atoms with Crippen molar-refractivity contribution in [2.75, 3.05) is 19.0 Å². The van der Waals surface area contributed by atoms with Gasteiger partial charge in [0.2, 0.25) is 0 Å². The van der Waals surface area contributed by atoms with E-state index in [1.807, 2.05) is 24.3 Å². The van der Waals surface area contributed by atoms with E-state index in [2.05, 4.69) is 85.7 Å². The van der Waals surface area contributed by atoms with E-state index >= 15 is 0 Å². The summed E-state index contributed by atoms with van der Waals surface area (Å²) >= 11 is 3.58. The monoisotopic (exact) mass is 400 g/mol. The summed E-state index contributed by atoms with van der Waals surface area (Å²) in [6.07, 6.45) is 1.95. The van der Waals surface area contributed by atoms with Crippen LogP contribution in [0.1, 0.15) is 11.8 Å². The van der Waals surface area contributed by atoms with Gasteiger partial charge in [-0.1, -0.05) is 36.4 Å². The van der Waals surface area contributed by atoms with Gasteiger partial charge in [-0.15, -0.1) is 22.7 Å². The molecule has 4 aromatic rings. The van der Waals surface area contributed by atoms with Gasteiger partial charge in [0.05, 0.1) is 10.9 Å². The van der Waals surface area contributed by atoms with Crippen LogP contribution in [0.3, 0.4) is 0 Å². The number of hydrogen-bond donors (Lipinski definition) is 0. The number of nitriles is 1. The molecule has 0 saturated heterocycles. The van der Waals surface area contributed by atoms with Crippen LogP contribution in [-0.4, -0.2) is 14.1 Å². The predicted molar refractivity (Wildman–Crippen MR) is 124 cm³/mol. The molecular formula is C24H20N2S2. The van der Waals surface area contributed by atoms with Crippen LogP contribution in [0.2, 0.25) is 0 Å². The molecule has 4 heteroatoms. The molecule has 0 aliphatic carbocycles. The quantitative estimate of drug-likeness (QED) is 0.336. The molecule has 0 atom stereocenters. The predicted octanol–water partition coefficient (Wildman–Crippen LogP) is 7.29. The molecule has 2 aromatic carbocycles. The second-order valence-corrected chi connectivity index (χ2v) is 9.02. The Morgan fingerprint density at radius 2 is 1.57 bits per heavy atom. The standard InChI is InChI=1S/C24H20N2S2/c1-16(15-25)14-19-12-13-22(27-19)24-21-7-5-4-6-20(21)23(28-24)17-8-10-18(11-9-17)26(2)3/h4-14H,1-3H3/b16-14-. The zero-order valence-electron chi connectivity index (χ0n) is 16.1. The highest BCUT2D eigenvalue weighted by Gasteiger charge is 2.15. The fraction of sp³-hybridized carbons (Fsp3) is 0.125. The molecule has 2 nitrogen and oxygen atoms in total. The molecule has 0 bridgehead atoms. The Labute approximate surface area is 173 Å². The smallest absolute Gasteiger partial charge is 0.0944 e. The molecule has 4 rings (SSSR count). The van der Waals surface area contributed by atoms with Gasteiger partial charge in [0.25, 0.3) is 0 Å². The first-order chi connectivity index (χ1) is 13.6. The lowest BCUT2D eigenvalue weighted by atomic mass is 10.1. The maximum Gasteiger partial charge on any atom is 0.0944 e. The van der Waals surface area contributed by atoms with Crippen LogP contribution in [0.5, 0.6) is 0 Å². The van der Waals surface area contributed by atoms with E-state index < -0.39 is 0 Å². The summed E-state index contributed by atoms with van der Waals surface area (Å²) in [6.45, 7) is 1.84. The van der Waals surface area contributed by atoms with Crippen molar-refractivity contribution in [2.45, 2.75) is 6.92 Å². The molecule has 2 heterocycles. The number of nitrogens with zero attached hydrogens (tertiary/aromatic N) is 2. The summed E-state index contributed by atoms with van der Waals surface area (Å²) in [5.74, 6) is 0. The van der Waals surface area contributed by atoms with E-state index in [4.69, 9.17) is 5.26 Å². The third kappa shape index (κ3) is 3.47. The highest BCUT2D eigenvalue weighted by atomic mass is 32.1. The van der Waals surface area contributed by atoms with Crippen LogP contribution in [0, 0.1) is 11.3 Å². The van der Waals surface area contributed by atoms with E-state index in [9.17, 15) is 0 Å². The summed E-state index contributed by atoms with van der Waals surface area (Å²) in [4.78, 5) is 7.07. The summed E-state index contributed by atoms with van der Waals surface area (Å²) in [7, 11) is 4.12. The first-order valence-electron chi connectivity index (χ1n) is 9.04. The van der Waals surface area contributed by atoms with Crippen molar-refractivity contribution in [3.8, 4) is 26.3 Å². The summed E-state index contributed by atoms with van der Waals surface area (Å²) in [5.41, 5.74) is 3.17. The van der Waals surface area contributed by atoms with Crippen molar-refractivity contribution < 1.29 is 0 Å². The fourth-order valence-corrected chi connectivity index (χ4v) is 5.61.